The van der Waals surface area contributed by atoms with E-state index < -0.39 is 11.7 Å². The zero-order valence-corrected chi connectivity index (χ0v) is 13.6. The molecule has 7 heteroatoms. The zero-order valence-electron chi connectivity index (χ0n) is 13.6. The van der Waals surface area contributed by atoms with E-state index in [0.29, 0.717) is 12.4 Å². The molecule has 0 spiro atoms. The van der Waals surface area contributed by atoms with Gasteiger partial charge < -0.3 is 19.5 Å². The van der Waals surface area contributed by atoms with E-state index in [1.54, 1.807) is 19.4 Å². The van der Waals surface area contributed by atoms with Crippen LogP contribution in [0.4, 0.5) is 10.6 Å². The molecule has 1 aromatic rings. The number of aryl methyl sites for hydroxylation is 1. The molecule has 7 nitrogen and oxygen atoms in total. The van der Waals surface area contributed by atoms with E-state index in [1.807, 2.05) is 25.7 Å². The van der Waals surface area contributed by atoms with E-state index in [-0.39, 0.29) is 11.6 Å². The second-order valence-electron chi connectivity index (χ2n) is 6.60. The molecule has 0 saturated carbocycles. The third-order valence-electron chi connectivity index (χ3n) is 3.44. The van der Waals surface area contributed by atoms with Crippen molar-refractivity contribution in [2.24, 2.45) is 7.05 Å². The van der Waals surface area contributed by atoms with Crippen molar-refractivity contribution in [3.05, 3.63) is 22.7 Å². The van der Waals surface area contributed by atoms with Crippen molar-refractivity contribution in [3.63, 3.8) is 0 Å². The van der Waals surface area contributed by atoms with Gasteiger partial charge in [-0.15, -0.1) is 0 Å². The number of ether oxygens (including phenoxy) is 1. The van der Waals surface area contributed by atoms with Gasteiger partial charge in [0.15, 0.2) is 5.82 Å². The Hall–Kier alpha value is -2.05. The molecule has 0 bridgehead atoms. The molecule has 122 valence electrons. The Morgan fingerprint density at radius 1 is 1.45 bits per heavy atom. The molecule has 22 heavy (non-hydrogen) atoms. The van der Waals surface area contributed by atoms with Gasteiger partial charge in [0, 0.05) is 38.6 Å². The molecule has 1 fully saturated rings. The number of hydrogen-bond acceptors (Lipinski definition) is 5. The summed E-state index contributed by atoms with van der Waals surface area (Å²) in [6, 6.07) is -0.0460. The summed E-state index contributed by atoms with van der Waals surface area (Å²) in [5.41, 5.74) is -0.643. The van der Waals surface area contributed by atoms with Gasteiger partial charge in [-0.25, -0.2) is 9.78 Å². The van der Waals surface area contributed by atoms with Gasteiger partial charge in [-0.3, -0.25) is 4.79 Å². The Morgan fingerprint density at radius 3 is 2.86 bits per heavy atom. The molecular formula is C15H24N4O3. The van der Waals surface area contributed by atoms with Crippen LogP contribution in [-0.4, -0.2) is 40.4 Å². The van der Waals surface area contributed by atoms with Crippen molar-refractivity contribution in [3.8, 4) is 0 Å². The van der Waals surface area contributed by atoms with Crippen molar-refractivity contribution >= 4 is 11.9 Å². The SMILES string of the molecule is Cn1ccnc(N2CCC[C@H](NC(=O)OC(C)(C)C)C2)c1=O. The first kappa shape index (κ1) is 16.3. The van der Waals surface area contributed by atoms with Gasteiger partial charge >= 0.3 is 6.09 Å². The summed E-state index contributed by atoms with van der Waals surface area (Å²) in [6.07, 6.45) is 4.57. The molecule has 1 atom stereocenters. The number of amides is 1. The second-order valence-corrected chi connectivity index (χ2v) is 6.60. The molecule has 1 amide bonds. The number of carbonyl (C=O) groups is 1. The fraction of sp³-hybridized carbons (Fsp3) is 0.667. The lowest BCUT2D eigenvalue weighted by Gasteiger charge is -2.33. The standard InChI is InChI=1S/C15H24N4O3/c1-15(2,3)22-14(21)17-11-6-5-8-19(10-11)12-13(20)18(4)9-7-16-12/h7,9,11H,5-6,8,10H2,1-4H3,(H,17,21)/t11-/m0/s1. The highest BCUT2D eigenvalue weighted by Crippen LogP contribution is 2.15. The fourth-order valence-electron chi connectivity index (χ4n) is 2.46. The van der Waals surface area contributed by atoms with Crippen LogP contribution in [0.25, 0.3) is 0 Å². The predicted molar refractivity (Wildman–Crippen MR) is 84.1 cm³/mol. The average Bonchev–Trinajstić information content (AvgIpc) is 2.40. The minimum Gasteiger partial charge on any atom is -0.444 e. The Kier molecular flexibility index (Phi) is 4.73. The van der Waals surface area contributed by atoms with E-state index in [0.717, 1.165) is 19.4 Å². The highest BCUT2D eigenvalue weighted by atomic mass is 16.6. The van der Waals surface area contributed by atoms with Crippen molar-refractivity contribution in [1.82, 2.24) is 14.9 Å². The van der Waals surface area contributed by atoms with Gasteiger partial charge in [-0.05, 0) is 33.6 Å². The molecule has 1 saturated heterocycles. The highest BCUT2D eigenvalue weighted by molar-refractivity contribution is 5.68. The maximum Gasteiger partial charge on any atom is 0.407 e. The number of carbonyl (C=O) groups excluding carboxylic acids is 1. The summed E-state index contributed by atoms with van der Waals surface area (Å²) in [5.74, 6) is 0.431. The van der Waals surface area contributed by atoms with E-state index in [4.69, 9.17) is 4.74 Å². The van der Waals surface area contributed by atoms with Crippen LogP contribution in [0.15, 0.2) is 17.2 Å². The fourth-order valence-corrected chi connectivity index (χ4v) is 2.46. The van der Waals surface area contributed by atoms with Gasteiger partial charge in [-0.1, -0.05) is 0 Å². The van der Waals surface area contributed by atoms with Crippen molar-refractivity contribution in [1.29, 1.82) is 0 Å². The Labute approximate surface area is 130 Å². The average molecular weight is 308 g/mol. The van der Waals surface area contributed by atoms with Crippen LogP contribution in [0.3, 0.4) is 0 Å². The molecule has 1 aromatic heterocycles. The van der Waals surface area contributed by atoms with Crippen LogP contribution in [-0.2, 0) is 11.8 Å². The summed E-state index contributed by atoms with van der Waals surface area (Å²) < 4.78 is 6.78. The summed E-state index contributed by atoms with van der Waals surface area (Å²) in [4.78, 5) is 30.1. The van der Waals surface area contributed by atoms with Crippen LogP contribution in [0.5, 0.6) is 0 Å². The summed E-state index contributed by atoms with van der Waals surface area (Å²) in [7, 11) is 1.70. The lowest BCUT2D eigenvalue weighted by Crippen LogP contribution is -2.50. The molecule has 2 heterocycles. The number of alkyl carbamates (subject to hydrolysis) is 1. The van der Waals surface area contributed by atoms with Gasteiger partial charge in [0.1, 0.15) is 5.60 Å². The predicted octanol–water partition coefficient (Wildman–Crippen LogP) is 1.27. The molecular weight excluding hydrogens is 284 g/mol. The van der Waals surface area contributed by atoms with Crippen LogP contribution < -0.4 is 15.8 Å². The number of piperidine rings is 1. The first-order valence-electron chi connectivity index (χ1n) is 7.52. The zero-order chi connectivity index (χ0) is 16.3. The number of hydrogen-bond donors (Lipinski definition) is 1. The molecule has 1 N–H and O–H groups in total. The molecule has 1 aliphatic rings. The van der Waals surface area contributed by atoms with E-state index in [1.165, 1.54) is 4.57 Å². The Bertz CT molecular complexity index is 591. The summed E-state index contributed by atoms with van der Waals surface area (Å²) >= 11 is 0. The highest BCUT2D eigenvalue weighted by Gasteiger charge is 2.26. The summed E-state index contributed by atoms with van der Waals surface area (Å²) in [5, 5.41) is 2.87. The van der Waals surface area contributed by atoms with Crippen molar-refractivity contribution < 1.29 is 9.53 Å². The van der Waals surface area contributed by atoms with Crippen LogP contribution in [0.2, 0.25) is 0 Å². The third-order valence-corrected chi connectivity index (χ3v) is 3.44. The lowest BCUT2D eigenvalue weighted by molar-refractivity contribution is 0.0500. The van der Waals surface area contributed by atoms with Crippen LogP contribution in [0.1, 0.15) is 33.6 Å². The van der Waals surface area contributed by atoms with Gasteiger partial charge in [0.25, 0.3) is 5.56 Å². The maximum atomic E-state index is 12.1. The van der Waals surface area contributed by atoms with E-state index in [2.05, 4.69) is 10.3 Å². The molecule has 1 aliphatic heterocycles. The summed E-state index contributed by atoms with van der Waals surface area (Å²) in [6.45, 7) is 6.82. The molecule has 2 rings (SSSR count). The van der Waals surface area contributed by atoms with Crippen LogP contribution in [0, 0.1) is 0 Å². The quantitative estimate of drug-likeness (QED) is 0.890. The molecule has 0 unspecified atom stereocenters. The Balaban J connectivity index is 2.02. The maximum absolute atomic E-state index is 12.1. The van der Waals surface area contributed by atoms with Crippen LogP contribution >= 0.6 is 0 Å². The third kappa shape index (κ3) is 4.22. The second kappa shape index (κ2) is 6.37. The normalized spacial score (nSPS) is 18.9. The molecule has 0 aromatic carbocycles. The smallest absolute Gasteiger partial charge is 0.407 e. The topological polar surface area (TPSA) is 76.5 Å². The van der Waals surface area contributed by atoms with Gasteiger partial charge in [0.2, 0.25) is 0 Å². The minimum atomic E-state index is -0.518. The van der Waals surface area contributed by atoms with Crippen molar-refractivity contribution in [2.45, 2.75) is 45.3 Å². The molecule has 0 aliphatic carbocycles. The van der Waals surface area contributed by atoms with E-state index >= 15 is 0 Å². The van der Waals surface area contributed by atoms with E-state index in [9.17, 15) is 9.59 Å². The Morgan fingerprint density at radius 2 is 2.18 bits per heavy atom. The molecule has 0 radical (unpaired) electrons. The minimum absolute atomic E-state index is 0.0460. The lowest BCUT2D eigenvalue weighted by atomic mass is 10.1. The van der Waals surface area contributed by atoms with Gasteiger partial charge in [-0.2, -0.15) is 0 Å². The number of aromatic nitrogens is 2. The monoisotopic (exact) mass is 308 g/mol. The largest absolute Gasteiger partial charge is 0.444 e. The first-order chi connectivity index (χ1) is 10.3. The first-order valence-corrected chi connectivity index (χ1v) is 7.52. The number of nitrogens with zero attached hydrogens (tertiary/aromatic N) is 3. The van der Waals surface area contributed by atoms with Crippen molar-refractivity contribution in [2.75, 3.05) is 18.0 Å². The number of rotatable bonds is 2. The van der Waals surface area contributed by atoms with Gasteiger partial charge in [0.05, 0.1) is 0 Å². The number of nitrogens with one attached hydrogen (secondary N) is 1. The number of anilines is 1.